The molecule has 4 heteroatoms. The van der Waals surface area contributed by atoms with Crippen molar-refractivity contribution in [3.05, 3.63) is 54.1 Å². The summed E-state index contributed by atoms with van der Waals surface area (Å²) < 4.78 is 11.6. The SMILES string of the molecule is CCc1cccc(P(=O)(O)O)c1-c1ccccc1. The van der Waals surface area contributed by atoms with Crippen molar-refractivity contribution in [3.8, 4) is 11.1 Å². The lowest BCUT2D eigenvalue weighted by Gasteiger charge is -2.15. The highest BCUT2D eigenvalue weighted by Crippen LogP contribution is 2.39. The number of hydrogen-bond donors (Lipinski definition) is 2. The molecule has 0 aromatic heterocycles. The summed E-state index contributed by atoms with van der Waals surface area (Å²) in [5.74, 6) is 0. The molecule has 3 nitrogen and oxygen atoms in total. The highest BCUT2D eigenvalue weighted by molar-refractivity contribution is 7.60. The summed E-state index contributed by atoms with van der Waals surface area (Å²) in [6.07, 6.45) is 0.734. The second-order valence-electron chi connectivity index (χ2n) is 4.07. The van der Waals surface area contributed by atoms with Crippen molar-refractivity contribution in [1.82, 2.24) is 0 Å². The van der Waals surface area contributed by atoms with Gasteiger partial charge in [0.15, 0.2) is 0 Å². The molecular weight excluding hydrogens is 247 g/mol. The molecule has 0 aliphatic rings. The minimum absolute atomic E-state index is 0.105. The molecule has 2 aromatic carbocycles. The van der Waals surface area contributed by atoms with Crippen molar-refractivity contribution in [2.24, 2.45) is 0 Å². The van der Waals surface area contributed by atoms with Crippen molar-refractivity contribution in [3.63, 3.8) is 0 Å². The van der Waals surface area contributed by atoms with E-state index in [1.807, 2.05) is 43.3 Å². The van der Waals surface area contributed by atoms with E-state index in [0.717, 1.165) is 17.5 Å². The summed E-state index contributed by atoms with van der Waals surface area (Å²) in [7, 11) is -4.26. The standard InChI is InChI=1S/C14H15O3P/c1-2-11-9-6-10-13(18(15,16)17)14(11)12-7-4-3-5-8-12/h3-10H,2H2,1H3,(H2,15,16,17). The first-order chi connectivity index (χ1) is 8.54. The molecule has 0 saturated carbocycles. The Morgan fingerprint density at radius 1 is 1.00 bits per heavy atom. The zero-order valence-corrected chi connectivity index (χ0v) is 11.0. The minimum Gasteiger partial charge on any atom is -0.321 e. The van der Waals surface area contributed by atoms with Gasteiger partial charge in [-0.25, -0.2) is 0 Å². The summed E-state index contributed by atoms with van der Waals surface area (Å²) in [5, 5.41) is 0.105. The third-order valence-corrected chi connectivity index (χ3v) is 3.89. The van der Waals surface area contributed by atoms with Gasteiger partial charge in [-0.05, 0) is 23.6 Å². The van der Waals surface area contributed by atoms with Crippen LogP contribution in [-0.2, 0) is 11.0 Å². The molecule has 2 rings (SSSR count). The summed E-state index contributed by atoms with van der Waals surface area (Å²) in [6.45, 7) is 1.98. The number of aryl methyl sites for hydroxylation is 1. The topological polar surface area (TPSA) is 57.5 Å². The van der Waals surface area contributed by atoms with Crippen molar-refractivity contribution in [1.29, 1.82) is 0 Å². The molecule has 2 aromatic rings. The minimum atomic E-state index is -4.26. The van der Waals surface area contributed by atoms with Crippen molar-refractivity contribution in [2.75, 3.05) is 0 Å². The lowest BCUT2D eigenvalue weighted by molar-refractivity contribution is 0.387. The maximum atomic E-state index is 11.6. The molecule has 0 amide bonds. The van der Waals surface area contributed by atoms with Crippen molar-refractivity contribution < 1.29 is 14.4 Å². The predicted molar refractivity (Wildman–Crippen MR) is 72.9 cm³/mol. The van der Waals surface area contributed by atoms with Crippen LogP contribution in [0.1, 0.15) is 12.5 Å². The fraction of sp³-hybridized carbons (Fsp3) is 0.143. The molecular formula is C14H15O3P. The average molecular weight is 262 g/mol. The maximum Gasteiger partial charge on any atom is 0.356 e. The van der Waals surface area contributed by atoms with Crippen LogP contribution in [0.25, 0.3) is 11.1 Å². The quantitative estimate of drug-likeness (QED) is 0.836. The zero-order chi connectivity index (χ0) is 13.2. The van der Waals surface area contributed by atoms with E-state index < -0.39 is 7.60 Å². The first-order valence-electron chi connectivity index (χ1n) is 5.77. The van der Waals surface area contributed by atoms with Gasteiger partial charge in [-0.2, -0.15) is 0 Å². The van der Waals surface area contributed by atoms with E-state index in [2.05, 4.69) is 0 Å². The largest absolute Gasteiger partial charge is 0.356 e. The van der Waals surface area contributed by atoms with Gasteiger partial charge in [0, 0.05) is 5.56 Å². The van der Waals surface area contributed by atoms with Gasteiger partial charge in [-0.3, -0.25) is 4.57 Å². The highest BCUT2D eigenvalue weighted by Gasteiger charge is 2.23. The number of hydrogen-bond acceptors (Lipinski definition) is 1. The lowest BCUT2D eigenvalue weighted by atomic mass is 9.98. The molecule has 0 unspecified atom stereocenters. The third-order valence-electron chi connectivity index (χ3n) is 2.89. The summed E-state index contributed by atoms with van der Waals surface area (Å²) in [4.78, 5) is 18.9. The molecule has 0 aliphatic carbocycles. The van der Waals surface area contributed by atoms with Crippen LogP contribution >= 0.6 is 7.60 Å². The Kier molecular flexibility index (Phi) is 3.67. The number of benzene rings is 2. The second-order valence-corrected chi connectivity index (χ2v) is 5.64. The van der Waals surface area contributed by atoms with Crippen molar-refractivity contribution >= 4 is 12.9 Å². The molecule has 2 N–H and O–H groups in total. The Hall–Kier alpha value is -1.41. The van der Waals surface area contributed by atoms with Gasteiger partial charge in [0.05, 0.1) is 5.30 Å². The molecule has 0 radical (unpaired) electrons. The first kappa shape index (κ1) is 13.0. The van der Waals surface area contributed by atoms with Gasteiger partial charge in [-0.1, -0.05) is 49.4 Å². The van der Waals surface area contributed by atoms with Gasteiger partial charge in [0.25, 0.3) is 0 Å². The van der Waals surface area contributed by atoms with Gasteiger partial charge in [-0.15, -0.1) is 0 Å². The number of rotatable bonds is 3. The van der Waals surface area contributed by atoms with E-state index in [1.54, 1.807) is 6.07 Å². The average Bonchev–Trinajstić information content (AvgIpc) is 2.38. The molecule has 0 spiro atoms. The molecule has 94 valence electrons. The van der Waals surface area contributed by atoms with Crippen LogP contribution in [0.5, 0.6) is 0 Å². The molecule has 0 aliphatic heterocycles. The van der Waals surface area contributed by atoms with Crippen LogP contribution in [0.15, 0.2) is 48.5 Å². The first-order valence-corrected chi connectivity index (χ1v) is 7.38. The molecule has 0 bridgehead atoms. The van der Waals surface area contributed by atoms with E-state index in [0.29, 0.717) is 5.56 Å². The Bertz CT molecular complexity index is 587. The molecule has 0 atom stereocenters. The monoisotopic (exact) mass is 262 g/mol. The molecule has 0 saturated heterocycles. The molecule has 0 fully saturated rings. The fourth-order valence-corrected chi connectivity index (χ4v) is 2.91. The summed E-state index contributed by atoms with van der Waals surface area (Å²) >= 11 is 0. The Morgan fingerprint density at radius 2 is 1.67 bits per heavy atom. The third kappa shape index (κ3) is 2.54. The van der Waals surface area contributed by atoms with E-state index in [4.69, 9.17) is 0 Å². The lowest BCUT2D eigenvalue weighted by Crippen LogP contribution is -2.10. The van der Waals surface area contributed by atoms with Crippen molar-refractivity contribution in [2.45, 2.75) is 13.3 Å². The smallest absolute Gasteiger partial charge is 0.321 e. The summed E-state index contributed by atoms with van der Waals surface area (Å²) in [5.41, 5.74) is 2.45. The second kappa shape index (κ2) is 5.07. The van der Waals surface area contributed by atoms with Gasteiger partial charge in [0.1, 0.15) is 0 Å². The highest BCUT2D eigenvalue weighted by atomic mass is 31.2. The van der Waals surface area contributed by atoms with Crippen LogP contribution in [-0.4, -0.2) is 9.79 Å². The van der Waals surface area contributed by atoms with Crippen LogP contribution in [0, 0.1) is 0 Å². The zero-order valence-electron chi connectivity index (χ0n) is 10.1. The van der Waals surface area contributed by atoms with Gasteiger partial charge >= 0.3 is 7.60 Å². The van der Waals surface area contributed by atoms with Gasteiger partial charge in [0.2, 0.25) is 0 Å². The fourth-order valence-electron chi connectivity index (χ4n) is 2.06. The Labute approximate surface area is 106 Å². The van der Waals surface area contributed by atoms with E-state index in [9.17, 15) is 14.4 Å². The Morgan fingerprint density at radius 3 is 2.22 bits per heavy atom. The van der Waals surface area contributed by atoms with Crippen LogP contribution < -0.4 is 5.30 Å². The predicted octanol–water partition coefficient (Wildman–Crippen LogP) is 2.72. The van der Waals surface area contributed by atoms with E-state index in [1.165, 1.54) is 6.07 Å². The van der Waals surface area contributed by atoms with Crippen LogP contribution in [0.2, 0.25) is 0 Å². The van der Waals surface area contributed by atoms with E-state index in [-0.39, 0.29) is 5.30 Å². The maximum absolute atomic E-state index is 11.6. The Balaban J connectivity index is 2.74. The van der Waals surface area contributed by atoms with Crippen LogP contribution in [0.4, 0.5) is 0 Å². The molecule has 18 heavy (non-hydrogen) atoms. The summed E-state index contributed by atoms with van der Waals surface area (Å²) in [6, 6.07) is 14.5. The molecule has 0 heterocycles. The van der Waals surface area contributed by atoms with Crippen LogP contribution in [0.3, 0.4) is 0 Å². The van der Waals surface area contributed by atoms with E-state index >= 15 is 0 Å². The van der Waals surface area contributed by atoms with Gasteiger partial charge < -0.3 is 9.79 Å². The normalized spacial score (nSPS) is 11.5.